The van der Waals surface area contributed by atoms with E-state index in [1.54, 1.807) is 6.07 Å². The second-order valence-corrected chi connectivity index (χ2v) is 5.10. The number of pyridine rings is 1. The predicted molar refractivity (Wildman–Crippen MR) is 55.1 cm³/mol. The summed E-state index contributed by atoms with van der Waals surface area (Å²) in [6.07, 6.45) is 0. The highest BCUT2D eigenvalue weighted by Crippen LogP contribution is 2.31. The molecule has 6 heteroatoms. The Kier molecular flexibility index (Phi) is 2.25. The number of aromatic nitrogens is 2. The molecule has 2 rings (SSSR count). The highest BCUT2D eigenvalue weighted by atomic mass is 79.9. The molecule has 0 aliphatic rings. The van der Waals surface area contributed by atoms with Crippen LogP contribution in [0.2, 0.25) is 10.3 Å². The largest absolute Gasteiger partial charge is 0.226 e. The molecule has 12 heavy (non-hydrogen) atoms. The number of nitrogens with zero attached hydrogens (tertiary/aromatic N) is 2. The van der Waals surface area contributed by atoms with E-state index in [9.17, 15) is 0 Å². The van der Waals surface area contributed by atoms with Gasteiger partial charge in [0.2, 0.25) is 0 Å². The zero-order valence-electron chi connectivity index (χ0n) is 5.51. The molecule has 0 fully saturated rings. The third-order valence-electron chi connectivity index (χ3n) is 1.28. The van der Waals surface area contributed by atoms with Gasteiger partial charge in [0.1, 0.15) is 10.7 Å². The van der Waals surface area contributed by atoms with Crippen LogP contribution in [0.25, 0.3) is 10.2 Å². The fraction of sp³-hybridized carbons (Fsp3) is 0. The average Bonchev–Trinajstić information content (AvgIpc) is 2.29. The van der Waals surface area contributed by atoms with Crippen molar-refractivity contribution in [1.29, 1.82) is 0 Å². The molecule has 62 valence electrons. The Morgan fingerprint density at radius 2 is 2.08 bits per heavy atom. The lowest BCUT2D eigenvalue weighted by Gasteiger charge is -1.91. The second kappa shape index (κ2) is 3.10. The SMILES string of the molecule is Clc1cc2sc(Br)nc2c(Cl)n1. The van der Waals surface area contributed by atoms with E-state index in [-0.39, 0.29) is 0 Å². The molecule has 0 atom stereocenters. The Balaban J connectivity index is 2.88. The summed E-state index contributed by atoms with van der Waals surface area (Å²) in [5.74, 6) is 0. The Morgan fingerprint density at radius 3 is 2.83 bits per heavy atom. The van der Waals surface area contributed by atoms with Crippen LogP contribution < -0.4 is 0 Å². The van der Waals surface area contributed by atoms with Gasteiger partial charge in [-0.1, -0.05) is 23.2 Å². The number of hydrogen-bond donors (Lipinski definition) is 0. The van der Waals surface area contributed by atoms with E-state index < -0.39 is 0 Å². The third kappa shape index (κ3) is 1.44. The van der Waals surface area contributed by atoms with Gasteiger partial charge in [-0.25, -0.2) is 9.97 Å². The summed E-state index contributed by atoms with van der Waals surface area (Å²) in [7, 11) is 0. The fourth-order valence-electron chi connectivity index (χ4n) is 0.838. The van der Waals surface area contributed by atoms with Crippen LogP contribution in [0.3, 0.4) is 0 Å². The third-order valence-corrected chi connectivity index (χ3v) is 3.19. The van der Waals surface area contributed by atoms with Gasteiger partial charge in [0.25, 0.3) is 0 Å². The van der Waals surface area contributed by atoms with Crippen molar-refractivity contribution in [2.75, 3.05) is 0 Å². The van der Waals surface area contributed by atoms with Crippen LogP contribution >= 0.6 is 50.5 Å². The van der Waals surface area contributed by atoms with Gasteiger partial charge in [0.15, 0.2) is 9.07 Å². The maximum atomic E-state index is 5.80. The van der Waals surface area contributed by atoms with E-state index >= 15 is 0 Å². The molecule has 2 aromatic heterocycles. The van der Waals surface area contributed by atoms with Crippen LogP contribution in [0.15, 0.2) is 9.98 Å². The zero-order chi connectivity index (χ0) is 8.72. The van der Waals surface area contributed by atoms with Gasteiger partial charge in [-0.3, -0.25) is 0 Å². The van der Waals surface area contributed by atoms with Crippen molar-refractivity contribution >= 4 is 60.7 Å². The maximum Gasteiger partial charge on any atom is 0.160 e. The fourth-order valence-corrected chi connectivity index (χ4v) is 2.86. The molecule has 0 amide bonds. The standard InChI is InChI=1S/C6HBrCl2N2S/c7-6-11-4-2(12-6)1-3(8)10-5(4)9/h1H. The predicted octanol–water partition coefficient (Wildman–Crippen LogP) is 3.76. The van der Waals surface area contributed by atoms with E-state index in [4.69, 9.17) is 23.2 Å². The highest BCUT2D eigenvalue weighted by molar-refractivity contribution is 9.11. The van der Waals surface area contributed by atoms with E-state index in [1.165, 1.54) is 11.3 Å². The summed E-state index contributed by atoms with van der Waals surface area (Å²) in [6, 6.07) is 1.74. The minimum atomic E-state index is 0.347. The van der Waals surface area contributed by atoms with Crippen molar-refractivity contribution in [1.82, 2.24) is 9.97 Å². The van der Waals surface area contributed by atoms with Gasteiger partial charge in [0, 0.05) is 0 Å². The first-order valence-corrected chi connectivity index (χ1v) is 5.31. The number of hydrogen-bond acceptors (Lipinski definition) is 3. The molecule has 0 N–H and O–H groups in total. The van der Waals surface area contributed by atoms with Gasteiger partial charge in [-0.15, -0.1) is 11.3 Å². The van der Waals surface area contributed by atoms with Crippen molar-refractivity contribution < 1.29 is 0 Å². The molecular formula is C6HBrCl2N2S. The molecule has 0 aromatic carbocycles. The number of thiazole rings is 1. The Labute approximate surface area is 90.7 Å². The van der Waals surface area contributed by atoms with Gasteiger partial charge in [-0.2, -0.15) is 0 Å². The molecule has 0 saturated carbocycles. The van der Waals surface area contributed by atoms with Crippen molar-refractivity contribution in [2.24, 2.45) is 0 Å². The number of rotatable bonds is 0. The Morgan fingerprint density at radius 1 is 1.33 bits per heavy atom. The lowest BCUT2D eigenvalue weighted by atomic mass is 10.4. The summed E-state index contributed by atoms with van der Waals surface area (Å²) >= 11 is 16.2. The molecule has 2 heterocycles. The van der Waals surface area contributed by atoms with Gasteiger partial charge in [0.05, 0.1) is 4.70 Å². The van der Waals surface area contributed by atoms with Crippen LogP contribution in [0.4, 0.5) is 0 Å². The summed E-state index contributed by atoms with van der Waals surface area (Å²) in [4.78, 5) is 8.01. The molecule has 2 aromatic rings. The molecule has 0 saturated heterocycles. The van der Waals surface area contributed by atoms with E-state index in [0.29, 0.717) is 15.8 Å². The smallest absolute Gasteiger partial charge is 0.160 e. The first kappa shape index (κ1) is 8.69. The van der Waals surface area contributed by atoms with Crippen LogP contribution in [0, 0.1) is 0 Å². The van der Waals surface area contributed by atoms with Crippen LogP contribution in [-0.2, 0) is 0 Å². The van der Waals surface area contributed by atoms with Crippen LogP contribution in [-0.4, -0.2) is 9.97 Å². The Bertz CT molecular complexity index is 442. The second-order valence-electron chi connectivity index (χ2n) is 2.05. The molecule has 0 aliphatic carbocycles. The summed E-state index contributed by atoms with van der Waals surface area (Å²) < 4.78 is 1.72. The first-order valence-electron chi connectivity index (χ1n) is 2.95. The molecule has 2 nitrogen and oxygen atoms in total. The quantitative estimate of drug-likeness (QED) is 0.688. The molecule has 0 radical (unpaired) electrons. The van der Waals surface area contributed by atoms with Gasteiger partial charge >= 0.3 is 0 Å². The number of halogens is 3. The van der Waals surface area contributed by atoms with Crippen molar-refractivity contribution in [2.45, 2.75) is 0 Å². The molecule has 0 bridgehead atoms. The van der Waals surface area contributed by atoms with Gasteiger partial charge in [-0.05, 0) is 22.0 Å². The topological polar surface area (TPSA) is 25.8 Å². The number of fused-ring (bicyclic) bond motifs is 1. The molecular weight excluding hydrogens is 283 g/mol. The summed E-state index contributed by atoms with van der Waals surface area (Å²) in [6.45, 7) is 0. The summed E-state index contributed by atoms with van der Waals surface area (Å²) in [5, 5.41) is 0.739. The Hall–Kier alpha value is 0.1000. The molecule has 0 unspecified atom stereocenters. The van der Waals surface area contributed by atoms with Crippen molar-refractivity contribution in [3.8, 4) is 0 Å². The lowest BCUT2D eigenvalue weighted by molar-refractivity contribution is 1.33. The van der Waals surface area contributed by atoms with E-state index in [0.717, 1.165) is 8.62 Å². The minimum Gasteiger partial charge on any atom is -0.226 e. The van der Waals surface area contributed by atoms with Crippen molar-refractivity contribution in [3.05, 3.63) is 20.3 Å². The summed E-state index contributed by atoms with van der Waals surface area (Å²) in [5.41, 5.74) is 0.693. The molecule has 0 aliphatic heterocycles. The minimum absolute atomic E-state index is 0.347. The van der Waals surface area contributed by atoms with Crippen LogP contribution in [0.5, 0.6) is 0 Å². The average molecular weight is 284 g/mol. The normalized spacial score (nSPS) is 10.9. The maximum absolute atomic E-state index is 5.80. The van der Waals surface area contributed by atoms with Crippen LogP contribution in [0.1, 0.15) is 0 Å². The van der Waals surface area contributed by atoms with E-state index in [2.05, 4.69) is 25.9 Å². The van der Waals surface area contributed by atoms with Crippen molar-refractivity contribution in [3.63, 3.8) is 0 Å². The first-order chi connectivity index (χ1) is 5.66. The zero-order valence-corrected chi connectivity index (χ0v) is 9.43. The molecule has 0 spiro atoms. The lowest BCUT2D eigenvalue weighted by Crippen LogP contribution is -1.77. The highest BCUT2D eigenvalue weighted by Gasteiger charge is 2.07. The van der Waals surface area contributed by atoms with E-state index in [1.807, 2.05) is 0 Å². The van der Waals surface area contributed by atoms with Gasteiger partial charge < -0.3 is 0 Å². The monoisotopic (exact) mass is 282 g/mol.